The molecule has 5 rings (SSSR count). The van der Waals surface area contributed by atoms with Crippen LogP contribution < -0.4 is 4.72 Å². The van der Waals surface area contributed by atoms with Crippen molar-refractivity contribution in [3.05, 3.63) is 71.0 Å². The monoisotopic (exact) mass is 543 g/mol. The maximum absolute atomic E-state index is 13.2. The minimum Gasteiger partial charge on any atom is -0.461 e. The zero-order valence-electron chi connectivity index (χ0n) is 20.6. The molecular weight excluding hydrogens is 514 g/mol. The fourth-order valence-corrected chi connectivity index (χ4v) is 5.93. The van der Waals surface area contributed by atoms with E-state index in [0.717, 1.165) is 36.5 Å². The number of hydrogen-bond donors (Lipinski definition) is 1. The van der Waals surface area contributed by atoms with Gasteiger partial charge in [0.2, 0.25) is 21.8 Å². The quantitative estimate of drug-likeness (QED) is 0.403. The van der Waals surface area contributed by atoms with E-state index < -0.39 is 10.0 Å². The molecule has 1 saturated heterocycles. The van der Waals surface area contributed by atoms with E-state index in [1.807, 2.05) is 12.1 Å². The lowest BCUT2D eigenvalue weighted by Gasteiger charge is -2.28. The van der Waals surface area contributed by atoms with Crippen LogP contribution in [0.15, 0.2) is 64.8 Å². The van der Waals surface area contributed by atoms with Gasteiger partial charge >= 0.3 is 0 Å². The summed E-state index contributed by atoms with van der Waals surface area (Å²) in [5.74, 6) is 0.877. The predicted octanol–water partition coefficient (Wildman–Crippen LogP) is 4.46. The molecule has 9 nitrogen and oxygen atoms in total. The van der Waals surface area contributed by atoms with Gasteiger partial charge in [-0.2, -0.15) is 0 Å². The Hall–Kier alpha value is -2.92. The largest absolute Gasteiger partial charge is 0.461 e. The van der Waals surface area contributed by atoms with E-state index in [4.69, 9.17) is 20.8 Å². The van der Waals surface area contributed by atoms with Gasteiger partial charge in [0.1, 0.15) is 6.10 Å². The van der Waals surface area contributed by atoms with Crippen LogP contribution in [0, 0.1) is 0 Å². The van der Waals surface area contributed by atoms with Gasteiger partial charge in [0.05, 0.1) is 17.7 Å². The van der Waals surface area contributed by atoms with Gasteiger partial charge in [-0.15, -0.1) is 10.2 Å². The Morgan fingerprint density at radius 2 is 1.95 bits per heavy atom. The number of methoxy groups -OCH3 is 1. The lowest BCUT2D eigenvalue weighted by atomic mass is 9.99. The van der Waals surface area contributed by atoms with Gasteiger partial charge in [-0.1, -0.05) is 35.9 Å². The third kappa shape index (κ3) is 5.98. The molecule has 1 aliphatic heterocycles. The molecule has 0 unspecified atom stereocenters. The number of halogens is 1. The fourth-order valence-electron chi connectivity index (χ4n) is 4.79. The normalized spacial score (nSPS) is 18.6. The van der Waals surface area contributed by atoms with Crippen molar-refractivity contribution in [1.82, 2.24) is 19.7 Å². The highest BCUT2D eigenvalue weighted by molar-refractivity contribution is 7.92. The average molecular weight is 544 g/mol. The van der Waals surface area contributed by atoms with E-state index in [2.05, 4.69) is 32.0 Å². The Kier molecular flexibility index (Phi) is 7.80. The molecule has 196 valence electrons. The Labute approximate surface area is 221 Å². The first-order chi connectivity index (χ1) is 17.9. The maximum atomic E-state index is 13.2. The highest BCUT2D eigenvalue weighted by Crippen LogP contribution is 2.34. The minimum atomic E-state index is -3.75. The number of nitrogens with zero attached hydrogens (tertiary/aromatic N) is 4. The molecule has 0 spiro atoms. The number of ether oxygens (including phenoxy) is 1. The van der Waals surface area contributed by atoms with Gasteiger partial charge in [0.25, 0.3) is 0 Å². The van der Waals surface area contributed by atoms with Crippen LogP contribution in [0.25, 0.3) is 17.3 Å². The van der Waals surface area contributed by atoms with Crippen molar-refractivity contribution in [2.75, 3.05) is 37.2 Å². The topological polar surface area (TPSA) is 102 Å². The molecular formula is C26H30ClN5O4S. The van der Waals surface area contributed by atoms with Crippen molar-refractivity contribution in [3.8, 4) is 11.6 Å². The van der Waals surface area contributed by atoms with Crippen LogP contribution in [-0.2, 0) is 21.2 Å². The molecule has 1 aliphatic carbocycles. The maximum Gasteiger partial charge on any atom is 0.243 e. The summed E-state index contributed by atoms with van der Waals surface area (Å²) in [5, 5.41) is 9.19. The van der Waals surface area contributed by atoms with Crippen LogP contribution in [0.1, 0.15) is 24.8 Å². The smallest absolute Gasteiger partial charge is 0.243 e. The van der Waals surface area contributed by atoms with Gasteiger partial charge in [0.15, 0.2) is 5.76 Å². The van der Waals surface area contributed by atoms with Crippen molar-refractivity contribution in [2.24, 2.45) is 0 Å². The van der Waals surface area contributed by atoms with Gasteiger partial charge < -0.3 is 9.15 Å². The number of rotatable bonds is 10. The van der Waals surface area contributed by atoms with Gasteiger partial charge in [0, 0.05) is 18.7 Å². The van der Waals surface area contributed by atoms with E-state index in [1.165, 1.54) is 12.8 Å². The molecule has 1 N–H and O–H groups in total. The predicted molar refractivity (Wildman–Crippen MR) is 144 cm³/mol. The highest BCUT2D eigenvalue weighted by Gasteiger charge is 2.30. The van der Waals surface area contributed by atoms with E-state index in [-0.39, 0.29) is 17.8 Å². The molecule has 1 aromatic carbocycles. The standard InChI is InChI=1S/C26H30ClN5O4S/c1-35-22-7-4-6-20(18-31-14-2-3-15-31)24(22)32-25(23-8-5-16-36-23)28-29-26(32)30-37(33,34)17-13-19-9-11-21(27)12-10-19/h4-6,8-12,16,22H,2-3,7,13-15,17-18H2,1H3,(H,29,30)/t22-/m0/s1. The summed E-state index contributed by atoms with van der Waals surface area (Å²) in [6.07, 6.45) is 8.75. The van der Waals surface area contributed by atoms with E-state index in [9.17, 15) is 8.42 Å². The number of sulfonamides is 1. The summed E-state index contributed by atoms with van der Waals surface area (Å²) in [6.45, 7) is 2.78. The highest BCUT2D eigenvalue weighted by atomic mass is 35.5. The first-order valence-corrected chi connectivity index (χ1v) is 14.4. The summed E-state index contributed by atoms with van der Waals surface area (Å²) in [7, 11) is -2.10. The second-order valence-electron chi connectivity index (χ2n) is 9.21. The van der Waals surface area contributed by atoms with Crippen LogP contribution >= 0.6 is 11.6 Å². The summed E-state index contributed by atoms with van der Waals surface area (Å²) in [4.78, 5) is 2.39. The third-order valence-corrected chi connectivity index (χ3v) is 8.13. The molecule has 0 saturated carbocycles. The summed E-state index contributed by atoms with van der Waals surface area (Å²) in [6, 6.07) is 10.7. The van der Waals surface area contributed by atoms with Crippen molar-refractivity contribution in [3.63, 3.8) is 0 Å². The van der Waals surface area contributed by atoms with Crippen LogP contribution in [0.5, 0.6) is 0 Å². The number of benzene rings is 1. The Bertz CT molecular complexity index is 1370. The summed E-state index contributed by atoms with van der Waals surface area (Å²) in [5.41, 5.74) is 2.72. The van der Waals surface area contributed by atoms with Gasteiger partial charge in [-0.3, -0.25) is 14.2 Å². The van der Waals surface area contributed by atoms with Crippen molar-refractivity contribution >= 4 is 33.3 Å². The lowest BCUT2D eigenvalue weighted by Crippen LogP contribution is -2.29. The molecule has 0 amide bonds. The van der Waals surface area contributed by atoms with Gasteiger partial charge in [-0.25, -0.2) is 8.42 Å². The molecule has 2 aromatic heterocycles. The molecule has 11 heteroatoms. The number of furan rings is 1. The number of anilines is 1. The Morgan fingerprint density at radius 3 is 2.65 bits per heavy atom. The van der Waals surface area contributed by atoms with Crippen LogP contribution in [-0.4, -0.2) is 66.7 Å². The first kappa shape index (κ1) is 25.7. The summed E-state index contributed by atoms with van der Waals surface area (Å²) < 4.78 is 42.3. The molecule has 3 aromatic rings. The zero-order valence-corrected chi connectivity index (χ0v) is 22.2. The minimum absolute atomic E-state index is 0.105. The van der Waals surface area contributed by atoms with E-state index >= 15 is 0 Å². The molecule has 2 aliphatic rings. The zero-order chi connectivity index (χ0) is 25.8. The van der Waals surface area contributed by atoms with Crippen LogP contribution in [0.3, 0.4) is 0 Å². The van der Waals surface area contributed by atoms with Crippen LogP contribution in [0.2, 0.25) is 5.02 Å². The molecule has 37 heavy (non-hydrogen) atoms. The van der Waals surface area contributed by atoms with Crippen molar-refractivity contribution in [1.29, 1.82) is 0 Å². The fraction of sp³-hybridized carbons (Fsp3) is 0.385. The van der Waals surface area contributed by atoms with E-state index in [0.29, 0.717) is 29.4 Å². The number of nitrogens with one attached hydrogen (secondary N) is 1. The molecule has 1 atom stereocenters. The van der Waals surface area contributed by atoms with Crippen molar-refractivity contribution < 1.29 is 17.6 Å². The Balaban J connectivity index is 1.52. The lowest BCUT2D eigenvalue weighted by molar-refractivity contribution is 0.145. The molecule has 3 heterocycles. The van der Waals surface area contributed by atoms with E-state index in [1.54, 1.807) is 42.2 Å². The Morgan fingerprint density at radius 1 is 1.16 bits per heavy atom. The third-order valence-electron chi connectivity index (χ3n) is 6.65. The average Bonchev–Trinajstić information content (AvgIpc) is 3.66. The summed E-state index contributed by atoms with van der Waals surface area (Å²) >= 11 is 5.96. The first-order valence-electron chi connectivity index (χ1n) is 12.3. The van der Waals surface area contributed by atoms with Gasteiger partial charge in [-0.05, 0) is 74.2 Å². The second kappa shape index (κ2) is 11.2. The molecule has 0 radical (unpaired) electrons. The van der Waals surface area contributed by atoms with Crippen LogP contribution in [0.4, 0.5) is 5.95 Å². The molecule has 0 bridgehead atoms. The second-order valence-corrected chi connectivity index (χ2v) is 11.5. The number of aromatic nitrogens is 3. The SMILES string of the molecule is CO[C@H]1CC=CC(CN2CCCC2)=C1n1c(NS(=O)(=O)CCc2ccc(Cl)cc2)nnc1-c1ccco1. The number of likely N-dealkylation sites (tertiary alicyclic amines) is 1. The van der Waals surface area contributed by atoms with Crippen molar-refractivity contribution in [2.45, 2.75) is 31.8 Å². The molecule has 1 fully saturated rings. The number of aryl methyl sites for hydroxylation is 1. The number of hydrogen-bond acceptors (Lipinski definition) is 7.